The van der Waals surface area contributed by atoms with Crippen molar-refractivity contribution in [2.75, 3.05) is 6.61 Å². The Morgan fingerprint density at radius 3 is 2.44 bits per heavy atom. The number of aliphatic hydroxyl groups excluding tert-OH is 4. The summed E-state index contributed by atoms with van der Waals surface area (Å²) in [6.45, 7) is 3.34. The lowest BCUT2D eigenvalue weighted by Gasteiger charge is -2.40. The Bertz CT molecular complexity index is 1070. The zero-order valence-electron chi connectivity index (χ0n) is 17.6. The molecule has 0 saturated carbocycles. The van der Waals surface area contributed by atoms with Gasteiger partial charge in [-0.05, 0) is 44.2 Å². The zero-order valence-corrected chi connectivity index (χ0v) is 18.4. The third kappa shape index (κ3) is 4.36. The lowest BCUT2D eigenvalue weighted by Crippen LogP contribution is -2.56. The molecule has 32 heavy (non-hydrogen) atoms. The molecule has 172 valence electrons. The fourth-order valence-electron chi connectivity index (χ4n) is 3.82. The molecule has 0 radical (unpaired) electrons. The maximum absolute atomic E-state index is 14.9. The molecular formula is C23H26FNO6S. The molecule has 9 heteroatoms. The van der Waals surface area contributed by atoms with Crippen LogP contribution in [0.4, 0.5) is 4.39 Å². The molecule has 0 amide bonds. The van der Waals surface area contributed by atoms with Crippen LogP contribution in [0.25, 0.3) is 10.9 Å². The van der Waals surface area contributed by atoms with Gasteiger partial charge in [-0.1, -0.05) is 23.9 Å². The highest BCUT2D eigenvalue weighted by molar-refractivity contribution is 7.99. The first-order valence-electron chi connectivity index (χ1n) is 10.3. The molecule has 1 fully saturated rings. The third-order valence-corrected chi connectivity index (χ3v) is 6.38. The van der Waals surface area contributed by atoms with Gasteiger partial charge in [0.05, 0.1) is 18.2 Å². The lowest BCUT2D eigenvalue weighted by molar-refractivity contribution is -0.250. The van der Waals surface area contributed by atoms with Crippen molar-refractivity contribution in [1.29, 1.82) is 0 Å². The van der Waals surface area contributed by atoms with Crippen molar-refractivity contribution < 1.29 is 34.3 Å². The van der Waals surface area contributed by atoms with Crippen LogP contribution >= 0.6 is 11.8 Å². The maximum Gasteiger partial charge on any atom is 0.163 e. The van der Waals surface area contributed by atoms with Crippen LogP contribution in [0.15, 0.2) is 58.5 Å². The number of aliphatic hydroxyl groups is 4. The topological polar surface area (TPSA) is 104 Å². The maximum atomic E-state index is 14.9. The second-order valence-corrected chi connectivity index (χ2v) is 9.11. The number of ether oxygens (including phenoxy) is 2. The van der Waals surface area contributed by atoms with Gasteiger partial charge in [-0.2, -0.15) is 0 Å². The van der Waals surface area contributed by atoms with Crippen molar-refractivity contribution in [2.24, 2.45) is 0 Å². The summed E-state index contributed by atoms with van der Waals surface area (Å²) in [7, 11) is 0. The van der Waals surface area contributed by atoms with E-state index in [9.17, 15) is 24.8 Å². The summed E-state index contributed by atoms with van der Waals surface area (Å²) in [5.41, 5.74) is 0.194. The Morgan fingerprint density at radius 2 is 1.78 bits per heavy atom. The van der Waals surface area contributed by atoms with E-state index in [1.54, 1.807) is 18.3 Å². The zero-order chi connectivity index (χ0) is 23.0. The number of rotatable bonds is 6. The number of benzene rings is 2. The first kappa shape index (κ1) is 23.0. The lowest BCUT2D eigenvalue weighted by atomic mass is 9.98. The first-order chi connectivity index (χ1) is 15.3. The minimum atomic E-state index is -1.56. The number of para-hydroxylation sites is 1. The van der Waals surface area contributed by atoms with Crippen LogP contribution in [0, 0.1) is 5.82 Å². The standard InChI is InChI=1S/C23H26FNO6S/c1-12(2)30-13-6-8-14(9-7-13)32-18-10-25(19-15(18)4-3-5-16(19)24)23-22(29)21(28)20(27)17(11-26)31-23/h3-10,12,17,20-23,26-29H,11H2,1-2H3/t17-,20-,21+,22-,23-/m1/s1. The number of hydrogen-bond acceptors (Lipinski definition) is 7. The van der Waals surface area contributed by atoms with Gasteiger partial charge in [-0.15, -0.1) is 0 Å². The van der Waals surface area contributed by atoms with Crippen LogP contribution in [-0.2, 0) is 4.74 Å². The van der Waals surface area contributed by atoms with E-state index in [0.29, 0.717) is 10.3 Å². The molecule has 4 N–H and O–H groups in total. The van der Waals surface area contributed by atoms with Gasteiger partial charge in [-0.25, -0.2) is 4.39 Å². The normalized spacial score (nSPS) is 26.1. The SMILES string of the molecule is CC(C)Oc1ccc(Sc2cn([C@@H]3O[C@H](CO)[C@@H](O)[C@H](O)[C@H]3O)c3c(F)cccc23)cc1. The van der Waals surface area contributed by atoms with E-state index in [1.165, 1.54) is 22.4 Å². The fraction of sp³-hybridized carbons (Fsp3) is 0.391. The number of hydrogen-bond donors (Lipinski definition) is 4. The van der Waals surface area contributed by atoms with Crippen molar-refractivity contribution in [3.63, 3.8) is 0 Å². The molecule has 0 aliphatic carbocycles. The Morgan fingerprint density at radius 1 is 1.06 bits per heavy atom. The van der Waals surface area contributed by atoms with Gasteiger partial charge in [0.1, 0.15) is 36.0 Å². The summed E-state index contributed by atoms with van der Waals surface area (Å²) >= 11 is 1.41. The van der Waals surface area contributed by atoms with Crippen molar-refractivity contribution in [3.05, 3.63) is 54.5 Å². The quantitative estimate of drug-likeness (QED) is 0.446. The van der Waals surface area contributed by atoms with Gasteiger partial charge in [-0.3, -0.25) is 0 Å². The van der Waals surface area contributed by atoms with Crippen LogP contribution in [0.1, 0.15) is 20.1 Å². The summed E-state index contributed by atoms with van der Waals surface area (Å²) in [6, 6.07) is 12.2. The molecule has 7 nitrogen and oxygen atoms in total. The van der Waals surface area contributed by atoms with Crippen LogP contribution in [0.2, 0.25) is 0 Å². The molecule has 1 aliphatic rings. The molecule has 0 spiro atoms. The molecule has 3 aromatic rings. The van der Waals surface area contributed by atoms with Gasteiger partial charge in [0.25, 0.3) is 0 Å². The summed E-state index contributed by atoms with van der Waals surface area (Å²) in [5, 5.41) is 40.9. The molecule has 1 aromatic heterocycles. The molecule has 1 aliphatic heterocycles. The summed E-state index contributed by atoms with van der Waals surface area (Å²) < 4.78 is 27.6. The minimum absolute atomic E-state index is 0.0630. The van der Waals surface area contributed by atoms with Crippen molar-refractivity contribution in [1.82, 2.24) is 4.57 Å². The minimum Gasteiger partial charge on any atom is -0.491 e. The average molecular weight is 464 g/mol. The van der Waals surface area contributed by atoms with E-state index in [4.69, 9.17) is 9.47 Å². The molecule has 2 aromatic carbocycles. The van der Waals surface area contributed by atoms with Gasteiger partial charge in [0.2, 0.25) is 0 Å². The number of nitrogens with zero attached hydrogens (tertiary/aromatic N) is 1. The Kier molecular flexibility index (Phi) is 6.75. The Hall–Kier alpha value is -2.14. The number of halogens is 1. The smallest absolute Gasteiger partial charge is 0.163 e. The predicted molar refractivity (Wildman–Crippen MR) is 117 cm³/mol. The second kappa shape index (κ2) is 9.38. The summed E-state index contributed by atoms with van der Waals surface area (Å²) in [4.78, 5) is 1.62. The molecule has 1 saturated heterocycles. The van der Waals surface area contributed by atoms with Crippen molar-refractivity contribution in [2.45, 2.75) is 60.4 Å². The van der Waals surface area contributed by atoms with Crippen LogP contribution < -0.4 is 4.74 Å². The van der Waals surface area contributed by atoms with Crippen molar-refractivity contribution >= 4 is 22.7 Å². The van der Waals surface area contributed by atoms with Gasteiger partial charge in [0, 0.05) is 21.4 Å². The second-order valence-electron chi connectivity index (χ2n) is 8.00. The van der Waals surface area contributed by atoms with Crippen LogP contribution in [0.3, 0.4) is 0 Å². The number of fused-ring (bicyclic) bond motifs is 1. The highest BCUT2D eigenvalue weighted by Crippen LogP contribution is 2.40. The molecular weight excluding hydrogens is 437 g/mol. The van der Waals surface area contributed by atoms with Crippen LogP contribution in [-0.4, -0.2) is 62.1 Å². The molecule has 0 unspecified atom stereocenters. The van der Waals surface area contributed by atoms with Gasteiger partial charge >= 0.3 is 0 Å². The van der Waals surface area contributed by atoms with E-state index in [2.05, 4.69) is 0 Å². The highest BCUT2D eigenvalue weighted by atomic mass is 32.2. The summed E-state index contributed by atoms with van der Waals surface area (Å²) in [5.74, 6) is 0.228. The van der Waals surface area contributed by atoms with E-state index in [0.717, 1.165) is 10.6 Å². The van der Waals surface area contributed by atoms with Gasteiger partial charge in [0.15, 0.2) is 6.23 Å². The van der Waals surface area contributed by atoms with E-state index >= 15 is 0 Å². The Balaban J connectivity index is 1.71. The molecule has 2 heterocycles. The monoisotopic (exact) mass is 463 g/mol. The predicted octanol–water partition coefficient (Wildman–Crippen LogP) is 2.69. The average Bonchev–Trinajstić information content (AvgIpc) is 3.13. The van der Waals surface area contributed by atoms with Crippen molar-refractivity contribution in [3.8, 4) is 5.75 Å². The Labute approximate surface area is 189 Å². The summed E-state index contributed by atoms with van der Waals surface area (Å²) in [6.07, 6.45) is -5.14. The third-order valence-electron chi connectivity index (χ3n) is 5.33. The van der Waals surface area contributed by atoms with Crippen LogP contribution in [0.5, 0.6) is 5.75 Å². The highest BCUT2D eigenvalue weighted by Gasteiger charge is 2.44. The van der Waals surface area contributed by atoms with E-state index in [1.807, 2.05) is 38.1 Å². The largest absolute Gasteiger partial charge is 0.491 e. The fourth-order valence-corrected chi connectivity index (χ4v) is 4.78. The van der Waals surface area contributed by atoms with Gasteiger partial charge < -0.3 is 34.5 Å². The molecule has 4 rings (SSSR count). The molecule has 0 bridgehead atoms. The number of aromatic nitrogens is 1. The first-order valence-corrected chi connectivity index (χ1v) is 11.2. The van der Waals surface area contributed by atoms with E-state index < -0.39 is 43.1 Å². The van der Waals surface area contributed by atoms with E-state index in [-0.39, 0.29) is 11.6 Å². The molecule has 5 atom stereocenters.